The number of hydrogen-bond acceptors (Lipinski definition) is 3. The predicted molar refractivity (Wildman–Crippen MR) is 128 cm³/mol. The molecule has 0 saturated carbocycles. The maximum atomic E-state index is 13.7. The monoisotopic (exact) mass is 470 g/mol. The predicted octanol–water partition coefficient (Wildman–Crippen LogP) is 5.06. The molecular weight excluding hydrogens is 444 g/mol. The summed E-state index contributed by atoms with van der Waals surface area (Å²) in [4.78, 5) is 12.6. The molecule has 0 aliphatic heterocycles. The molecule has 1 amide bonds. The molecule has 0 spiro atoms. The van der Waals surface area contributed by atoms with Gasteiger partial charge in [-0.3, -0.25) is 4.79 Å². The van der Waals surface area contributed by atoms with Crippen molar-refractivity contribution in [3.63, 3.8) is 0 Å². The lowest BCUT2D eigenvalue weighted by molar-refractivity contribution is -0.122. The largest absolute Gasteiger partial charge is 0.368 e. The molecule has 0 bridgehead atoms. The van der Waals surface area contributed by atoms with E-state index >= 15 is 0 Å². The van der Waals surface area contributed by atoms with Crippen LogP contribution < -0.4 is 5.73 Å². The van der Waals surface area contributed by atoms with Crippen LogP contribution in [0.15, 0.2) is 83.8 Å². The second-order valence-electron chi connectivity index (χ2n) is 8.67. The Labute approximate surface area is 194 Å². The van der Waals surface area contributed by atoms with Crippen molar-refractivity contribution < 1.29 is 13.2 Å². The average Bonchev–Trinajstić information content (AvgIpc) is 2.74. The summed E-state index contributed by atoms with van der Waals surface area (Å²) in [5.74, 6) is -0.750. The summed E-state index contributed by atoms with van der Waals surface area (Å²) in [5, 5.41) is 0.419. The molecule has 168 valence electrons. The molecule has 0 radical (unpaired) electrons. The molecule has 1 atom stereocenters. The van der Waals surface area contributed by atoms with E-state index in [1.165, 1.54) is 24.3 Å². The van der Waals surface area contributed by atoms with Gasteiger partial charge in [-0.1, -0.05) is 87.0 Å². The van der Waals surface area contributed by atoms with Gasteiger partial charge in [0.1, 0.15) is 6.04 Å². The number of benzene rings is 3. The molecule has 0 aliphatic carbocycles. The van der Waals surface area contributed by atoms with E-state index in [0.29, 0.717) is 10.6 Å². The number of sulfonamides is 1. The second-order valence-corrected chi connectivity index (χ2v) is 11.0. The summed E-state index contributed by atoms with van der Waals surface area (Å²) in [5.41, 5.74) is 8.08. The number of amides is 1. The van der Waals surface area contributed by atoms with Crippen molar-refractivity contribution in [1.82, 2.24) is 4.31 Å². The smallest absolute Gasteiger partial charge is 0.244 e. The minimum Gasteiger partial charge on any atom is -0.368 e. The zero-order chi connectivity index (χ0) is 23.5. The van der Waals surface area contributed by atoms with E-state index in [2.05, 4.69) is 20.8 Å². The van der Waals surface area contributed by atoms with Gasteiger partial charge >= 0.3 is 0 Å². The van der Waals surface area contributed by atoms with Crippen molar-refractivity contribution >= 4 is 27.5 Å². The standard InChI is InChI=1S/C25H27ClN2O3S/c1-25(2,3)20-11-9-18(10-12-20)17-28(23(24(27)29)19-7-5-4-6-8-19)32(30,31)22-15-13-21(26)14-16-22/h4-16,23H,17H2,1-3H3,(H2,27,29). The van der Waals surface area contributed by atoms with E-state index in [4.69, 9.17) is 17.3 Å². The summed E-state index contributed by atoms with van der Waals surface area (Å²) in [6.07, 6.45) is 0. The van der Waals surface area contributed by atoms with E-state index in [-0.39, 0.29) is 16.9 Å². The number of carbonyl (C=O) groups is 1. The van der Waals surface area contributed by atoms with Crippen LogP contribution in [-0.2, 0) is 26.8 Å². The number of hydrogen-bond donors (Lipinski definition) is 1. The highest BCUT2D eigenvalue weighted by molar-refractivity contribution is 7.89. The first-order valence-corrected chi connectivity index (χ1v) is 12.0. The number of primary amides is 1. The Morgan fingerprint density at radius 3 is 2.00 bits per heavy atom. The molecule has 0 heterocycles. The van der Waals surface area contributed by atoms with E-state index in [1.807, 2.05) is 24.3 Å². The Kier molecular flexibility index (Phi) is 7.08. The summed E-state index contributed by atoms with van der Waals surface area (Å²) in [6.45, 7) is 6.31. The first kappa shape index (κ1) is 24.0. The van der Waals surface area contributed by atoms with E-state index in [1.54, 1.807) is 30.3 Å². The second kappa shape index (κ2) is 9.45. The molecule has 0 aliphatic rings. The first-order chi connectivity index (χ1) is 15.0. The van der Waals surface area contributed by atoms with Gasteiger partial charge < -0.3 is 5.73 Å². The van der Waals surface area contributed by atoms with Crippen molar-refractivity contribution in [1.29, 1.82) is 0 Å². The van der Waals surface area contributed by atoms with Crippen LogP contribution in [0.1, 0.15) is 43.5 Å². The summed E-state index contributed by atoms with van der Waals surface area (Å²) in [6, 6.07) is 21.1. The zero-order valence-corrected chi connectivity index (χ0v) is 19.9. The first-order valence-electron chi connectivity index (χ1n) is 10.2. The van der Waals surface area contributed by atoms with Crippen LogP contribution >= 0.6 is 11.6 Å². The Hall–Kier alpha value is -2.67. The van der Waals surface area contributed by atoms with Crippen LogP contribution in [-0.4, -0.2) is 18.6 Å². The highest BCUT2D eigenvalue weighted by Gasteiger charge is 2.36. The molecule has 0 saturated heterocycles. The van der Waals surface area contributed by atoms with Gasteiger partial charge in [-0.05, 0) is 46.4 Å². The third kappa shape index (κ3) is 5.38. The van der Waals surface area contributed by atoms with E-state index in [0.717, 1.165) is 15.4 Å². The summed E-state index contributed by atoms with van der Waals surface area (Å²) in [7, 11) is -4.07. The fourth-order valence-corrected chi connectivity index (χ4v) is 5.15. The van der Waals surface area contributed by atoms with E-state index in [9.17, 15) is 13.2 Å². The van der Waals surface area contributed by atoms with Gasteiger partial charge in [0.2, 0.25) is 15.9 Å². The quantitative estimate of drug-likeness (QED) is 0.524. The van der Waals surface area contributed by atoms with Gasteiger partial charge in [-0.25, -0.2) is 8.42 Å². The fourth-order valence-electron chi connectivity index (χ4n) is 3.45. The Morgan fingerprint density at radius 2 is 1.50 bits per heavy atom. The van der Waals surface area contributed by atoms with Crippen LogP contribution in [0.5, 0.6) is 0 Å². The molecule has 5 nitrogen and oxygen atoms in total. The Bertz CT molecular complexity index is 1170. The minimum atomic E-state index is -4.07. The molecule has 2 N–H and O–H groups in total. The van der Waals surface area contributed by atoms with Gasteiger partial charge in [0.25, 0.3) is 0 Å². The van der Waals surface area contributed by atoms with Gasteiger partial charge in [0.15, 0.2) is 0 Å². The number of rotatable bonds is 7. The number of nitrogens with two attached hydrogens (primary N) is 1. The van der Waals surface area contributed by atoms with E-state index < -0.39 is 22.0 Å². The lowest BCUT2D eigenvalue weighted by Crippen LogP contribution is -2.41. The fraction of sp³-hybridized carbons (Fsp3) is 0.240. The van der Waals surface area contributed by atoms with Gasteiger partial charge in [-0.2, -0.15) is 4.31 Å². The Balaban J connectivity index is 2.10. The van der Waals surface area contributed by atoms with Crippen molar-refractivity contribution in [3.8, 4) is 0 Å². The van der Waals surface area contributed by atoms with Crippen molar-refractivity contribution in [3.05, 3.63) is 101 Å². The van der Waals surface area contributed by atoms with Gasteiger partial charge in [-0.15, -0.1) is 0 Å². The SMILES string of the molecule is CC(C)(C)c1ccc(CN(C(C(N)=O)c2ccccc2)S(=O)(=O)c2ccc(Cl)cc2)cc1. The van der Waals surface area contributed by atoms with Crippen LogP contribution in [0.4, 0.5) is 0 Å². The van der Waals surface area contributed by atoms with Crippen LogP contribution in [0.25, 0.3) is 0 Å². The maximum Gasteiger partial charge on any atom is 0.244 e. The maximum absolute atomic E-state index is 13.7. The Morgan fingerprint density at radius 1 is 0.938 bits per heavy atom. The van der Waals surface area contributed by atoms with Gasteiger partial charge in [0, 0.05) is 11.6 Å². The van der Waals surface area contributed by atoms with Crippen LogP contribution in [0.2, 0.25) is 5.02 Å². The molecule has 3 rings (SSSR count). The molecule has 3 aromatic rings. The number of carbonyl (C=O) groups excluding carboxylic acids is 1. The summed E-state index contributed by atoms with van der Waals surface area (Å²) < 4.78 is 28.5. The normalized spacial score (nSPS) is 13.2. The topological polar surface area (TPSA) is 80.5 Å². The van der Waals surface area contributed by atoms with Gasteiger partial charge in [0.05, 0.1) is 4.90 Å². The third-order valence-corrected chi connectivity index (χ3v) is 7.33. The zero-order valence-electron chi connectivity index (χ0n) is 18.3. The van der Waals surface area contributed by atoms with Crippen LogP contribution in [0.3, 0.4) is 0 Å². The third-order valence-electron chi connectivity index (χ3n) is 5.25. The lowest BCUT2D eigenvalue weighted by atomic mass is 9.87. The molecule has 0 fully saturated rings. The molecular formula is C25H27ClN2O3S. The average molecular weight is 471 g/mol. The summed E-state index contributed by atoms with van der Waals surface area (Å²) >= 11 is 5.95. The molecule has 7 heteroatoms. The van der Waals surface area contributed by atoms with Crippen molar-refractivity contribution in [2.45, 2.75) is 43.7 Å². The molecule has 32 heavy (non-hydrogen) atoms. The highest BCUT2D eigenvalue weighted by Crippen LogP contribution is 2.31. The van der Waals surface area contributed by atoms with Crippen LogP contribution in [0, 0.1) is 0 Å². The number of nitrogens with zero attached hydrogens (tertiary/aromatic N) is 1. The highest BCUT2D eigenvalue weighted by atomic mass is 35.5. The lowest BCUT2D eigenvalue weighted by Gasteiger charge is -2.29. The van der Waals surface area contributed by atoms with Crippen molar-refractivity contribution in [2.75, 3.05) is 0 Å². The molecule has 1 unspecified atom stereocenters. The minimum absolute atomic E-state index is 0.0160. The molecule has 3 aromatic carbocycles. The molecule has 0 aromatic heterocycles. The van der Waals surface area contributed by atoms with Crippen molar-refractivity contribution in [2.24, 2.45) is 5.73 Å². The number of halogens is 1.